The number of carbonyl (C=O) groups excluding carboxylic acids is 2. The smallest absolute Gasteiger partial charge is 0.263 e. The Bertz CT molecular complexity index is 1050. The lowest BCUT2D eigenvalue weighted by molar-refractivity contribution is -0.155. The molecule has 7 nitrogen and oxygen atoms in total. The van der Waals surface area contributed by atoms with Crippen molar-refractivity contribution in [2.45, 2.75) is 63.6 Å². The quantitative estimate of drug-likeness (QED) is 0.749. The Morgan fingerprint density at radius 2 is 1.84 bits per heavy atom. The van der Waals surface area contributed by atoms with E-state index in [1.54, 1.807) is 15.7 Å². The molecule has 0 atom stereocenters. The monoisotopic (exact) mass is 437 g/mol. The number of hydrogen-bond acceptors (Lipinski definition) is 4. The summed E-state index contributed by atoms with van der Waals surface area (Å²) in [4.78, 5) is 40.6. The Kier molecular flexibility index (Phi) is 6.46. The summed E-state index contributed by atoms with van der Waals surface area (Å²) >= 11 is 0. The van der Waals surface area contributed by atoms with Crippen LogP contribution in [0, 0.1) is 0 Å². The van der Waals surface area contributed by atoms with E-state index in [1.165, 1.54) is 7.05 Å². The highest BCUT2D eigenvalue weighted by atomic mass is 16.3. The SMILES string of the molecule is CNC(=O)c1c2c(cn(CCc3ccccc3)c1=O)CN(C(=O)C1(O)CCCCC1)CC2. The van der Waals surface area contributed by atoms with Crippen LogP contribution in [0.25, 0.3) is 0 Å². The van der Waals surface area contributed by atoms with Gasteiger partial charge in [0.25, 0.3) is 17.4 Å². The number of rotatable bonds is 5. The number of benzene rings is 1. The van der Waals surface area contributed by atoms with Gasteiger partial charge in [-0.2, -0.15) is 0 Å². The Morgan fingerprint density at radius 3 is 2.53 bits per heavy atom. The molecule has 2 aromatic rings. The van der Waals surface area contributed by atoms with Crippen LogP contribution in [0.4, 0.5) is 0 Å². The highest BCUT2D eigenvalue weighted by Crippen LogP contribution is 2.32. The third-order valence-corrected chi connectivity index (χ3v) is 6.77. The van der Waals surface area contributed by atoms with Crippen LogP contribution in [0.2, 0.25) is 0 Å². The minimum Gasteiger partial charge on any atom is -0.380 e. The number of nitrogens with one attached hydrogen (secondary N) is 1. The van der Waals surface area contributed by atoms with E-state index in [2.05, 4.69) is 5.32 Å². The number of amides is 2. The standard InChI is InChI=1S/C25H31N3O4/c1-26-22(29)21-20-11-15-28(24(31)25(32)12-6-3-7-13-25)17-19(20)16-27(23(21)30)14-10-18-8-4-2-5-9-18/h2,4-5,8-9,16,32H,3,6-7,10-15,17H2,1H3,(H,26,29). The van der Waals surface area contributed by atoms with Gasteiger partial charge < -0.3 is 19.9 Å². The second kappa shape index (κ2) is 9.28. The second-order valence-electron chi connectivity index (χ2n) is 8.89. The van der Waals surface area contributed by atoms with Gasteiger partial charge in [-0.05, 0) is 42.4 Å². The summed E-state index contributed by atoms with van der Waals surface area (Å²) < 4.78 is 1.58. The molecule has 0 bridgehead atoms. The van der Waals surface area contributed by atoms with Crippen LogP contribution in [-0.4, -0.2) is 45.6 Å². The van der Waals surface area contributed by atoms with Crippen LogP contribution in [-0.2, 0) is 30.7 Å². The number of carbonyl (C=O) groups is 2. The zero-order chi connectivity index (χ0) is 22.7. The molecule has 2 aliphatic rings. The lowest BCUT2D eigenvalue weighted by Crippen LogP contribution is -2.52. The van der Waals surface area contributed by atoms with Crippen molar-refractivity contribution in [2.24, 2.45) is 0 Å². The lowest BCUT2D eigenvalue weighted by Gasteiger charge is -2.38. The fourth-order valence-corrected chi connectivity index (χ4v) is 4.95. The summed E-state index contributed by atoms with van der Waals surface area (Å²) in [6, 6.07) is 9.88. The first-order valence-electron chi connectivity index (χ1n) is 11.5. The molecule has 7 heteroatoms. The molecule has 0 unspecified atom stereocenters. The van der Waals surface area contributed by atoms with Crippen LogP contribution in [0.5, 0.6) is 0 Å². The first-order chi connectivity index (χ1) is 15.4. The molecule has 1 saturated carbocycles. The topological polar surface area (TPSA) is 91.6 Å². The van der Waals surface area contributed by atoms with E-state index in [1.807, 2.05) is 30.3 Å². The number of fused-ring (bicyclic) bond motifs is 1. The number of aliphatic hydroxyl groups is 1. The van der Waals surface area contributed by atoms with E-state index in [9.17, 15) is 19.5 Å². The van der Waals surface area contributed by atoms with Gasteiger partial charge in [0.05, 0.1) is 0 Å². The summed E-state index contributed by atoms with van der Waals surface area (Å²) in [5, 5.41) is 13.5. The number of aryl methyl sites for hydroxylation is 2. The molecule has 170 valence electrons. The van der Waals surface area contributed by atoms with E-state index >= 15 is 0 Å². The second-order valence-corrected chi connectivity index (χ2v) is 8.89. The maximum atomic E-state index is 13.2. The third-order valence-electron chi connectivity index (χ3n) is 6.77. The van der Waals surface area contributed by atoms with E-state index in [0.29, 0.717) is 50.9 Å². The maximum Gasteiger partial charge on any atom is 0.263 e. The van der Waals surface area contributed by atoms with Crippen LogP contribution in [0.3, 0.4) is 0 Å². The van der Waals surface area contributed by atoms with Gasteiger partial charge in [-0.3, -0.25) is 14.4 Å². The average molecular weight is 438 g/mol. The number of hydrogen-bond donors (Lipinski definition) is 2. The summed E-state index contributed by atoms with van der Waals surface area (Å²) in [6.45, 7) is 1.13. The van der Waals surface area contributed by atoms with E-state index in [-0.39, 0.29) is 17.0 Å². The Balaban J connectivity index is 1.64. The molecule has 0 saturated heterocycles. The normalized spacial score (nSPS) is 17.5. The molecule has 2 heterocycles. The minimum atomic E-state index is -1.29. The van der Waals surface area contributed by atoms with Crippen molar-refractivity contribution < 1.29 is 14.7 Å². The molecule has 0 radical (unpaired) electrons. The highest BCUT2D eigenvalue weighted by Gasteiger charge is 2.41. The van der Waals surface area contributed by atoms with Crippen molar-refractivity contribution in [1.82, 2.24) is 14.8 Å². The van der Waals surface area contributed by atoms with Crippen LogP contribution < -0.4 is 10.9 Å². The van der Waals surface area contributed by atoms with Crippen molar-refractivity contribution in [3.8, 4) is 0 Å². The fraction of sp³-hybridized carbons (Fsp3) is 0.480. The van der Waals surface area contributed by atoms with Crippen LogP contribution in [0.15, 0.2) is 41.3 Å². The summed E-state index contributed by atoms with van der Waals surface area (Å²) in [5.74, 6) is -0.627. The van der Waals surface area contributed by atoms with Crippen molar-refractivity contribution in [1.29, 1.82) is 0 Å². The molecule has 1 aliphatic carbocycles. The van der Waals surface area contributed by atoms with Crippen molar-refractivity contribution >= 4 is 11.8 Å². The first kappa shape index (κ1) is 22.3. The Hall–Kier alpha value is -2.93. The van der Waals surface area contributed by atoms with Crippen molar-refractivity contribution in [3.05, 3.63) is 69.1 Å². The molecule has 1 aromatic carbocycles. The molecular formula is C25H31N3O4. The zero-order valence-corrected chi connectivity index (χ0v) is 18.6. The van der Waals surface area contributed by atoms with Gasteiger partial charge in [0.15, 0.2) is 0 Å². The first-order valence-corrected chi connectivity index (χ1v) is 11.5. The van der Waals surface area contributed by atoms with Gasteiger partial charge in [-0.15, -0.1) is 0 Å². The predicted octanol–water partition coefficient (Wildman–Crippen LogP) is 2.03. The Morgan fingerprint density at radius 1 is 1.12 bits per heavy atom. The molecule has 2 amide bonds. The fourth-order valence-electron chi connectivity index (χ4n) is 4.95. The Labute approximate surface area is 188 Å². The van der Waals surface area contributed by atoms with Gasteiger partial charge in [-0.1, -0.05) is 49.6 Å². The molecule has 4 rings (SSSR count). The zero-order valence-electron chi connectivity index (χ0n) is 18.6. The summed E-state index contributed by atoms with van der Waals surface area (Å²) in [5.41, 5.74) is 1.20. The predicted molar refractivity (Wildman–Crippen MR) is 121 cm³/mol. The van der Waals surface area contributed by atoms with Gasteiger partial charge in [-0.25, -0.2) is 0 Å². The van der Waals surface area contributed by atoms with Crippen LogP contribution >= 0.6 is 0 Å². The maximum absolute atomic E-state index is 13.2. The molecule has 32 heavy (non-hydrogen) atoms. The molecule has 2 N–H and O–H groups in total. The summed E-state index contributed by atoms with van der Waals surface area (Å²) in [7, 11) is 1.52. The number of pyridine rings is 1. The lowest BCUT2D eigenvalue weighted by atomic mass is 9.83. The van der Waals surface area contributed by atoms with Crippen LogP contribution in [0.1, 0.15) is 59.2 Å². The van der Waals surface area contributed by atoms with Gasteiger partial charge in [0.1, 0.15) is 11.2 Å². The molecule has 1 fully saturated rings. The van der Waals surface area contributed by atoms with E-state index in [4.69, 9.17) is 0 Å². The molecule has 1 aliphatic heterocycles. The van der Waals surface area contributed by atoms with Gasteiger partial charge in [0.2, 0.25) is 0 Å². The molecule has 1 aromatic heterocycles. The van der Waals surface area contributed by atoms with E-state index < -0.39 is 11.5 Å². The molecular weight excluding hydrogens is 406 g/mol. The van der Waals surface area contributed by atoms with Crippen molar-refractivity contribution in [3.63, 3.8) is 0 Å². The average Bonchev–Trinajstić information content (AvgIpc) is 2.82. The number of aromatic nitrogens is 1. The largest absolute Gasteiger partial charge is 0.380 e. The molecule has 0 spiro atoms. The minimum absolute atomic E-state index is 0.168. The third kappa shape index (κ3) is 4.35. The van der Waals surface area contributed by atoms with Crippen molar-refractivity contribution in [2.75, 3.05) is 13.6 Å². The summed E-state index contributed by atoms with van der Waals surface area (Å²) in [6.07, 6.45) is 6.62. The number of nitrogens with zero attached hydrogens (tertiary/aromatic N) is 2. The van der Waals surface area contributed by atoms with Gasteiger partial charge in [0, 0.05) is 32.9 Å². The highest BCUT2D eigenvalue weighted by molar-refractivity contribution is 5.95. The van der Waals surface area contributed by atoms with Gasteiger partial charge >= 0.3 is 0 Å². The van der Waals surface area contributed by atoms with E-state index in [0.717, 1.165) is 30.4 Å².